The van der Waals surface area contributed by atoms with Gasteiger partial charge in [-0.3, -0.25) is 14.4 Å². The highest BCUT2D eigenvalue weighted by molar-refractivity contribution is 6.32. The van der Waals surface area contributed by atoms with E-state index in [2.05, 4.69) is 0 Å². The summed E-state index contributed by atoms with van der Waals surface area (Å²) in [5, 5.41) is 0. The molecule has 7 rings (SSSR count). The molecule has 0 N–H and O–H groups in total. The zero-order valence-electron chi connectivity index (χ0n) is 24.2. The predicted molar refractivity (Wildman–Crippen MR) is 163 cm³/mol. The van der Waals surface area contributed by atoms with E-state index in [0.717, 1.165) is 0 Å². The quantitative estimate of drug-likeness (QED) is 0.197. The first-order chi connectivity index (χ1) is 21.3. The standard InChI is InChI=1S/C36H28FNO6/c1-42-23-8-6-7-21(18-23)33(39)32-31(27-14-13-24(43-2)19-29(27)44-3)36(34(40)25-9-4-5-10-26(25)35(36)41)30-16-11-20-17-22(37)12-15-28(20)38(30)32/h4-19,30-32H,1-3H3. The van der Waals surface area contributed by atoms with E-state index in [1.165, 1.54) is 33.5 Å². The fourth-order valence-electron chi connectivity index (χ4n) is 7.31. The molecule has 1 fully saturated rings. The summed E-state index contributed by atoms with van der Waals surface area (Å²) >= 11 is 0. The Bertz CT molecular complexity index is 1860. The molecule has 3 unspecified atom stereocenters. The number of nitrogens with zero attached hydrogens (tertiary/aromatic N) is 1. The van der Waals surface area contributed by atoms with Crippen LogP contribution < -0.4 is 19.1 Å². The molecule has 8 heteroatoms. The van der Waals surface area contributed by atoms with E-state index in [0.29, 0.717) is 50.8 Å². The number of hydrogen-bond donors (Lipinski definition) is 0. The molecular formula is C36H28FNO6. The fraction of sp³-hybridized carbons (Fsp3) is 0.194. The first-order valence-electron chi connectivity index (χ1n) is 14.2. The van der Waals surface area contributed by atoms with E-state index in [1.807, 2.05) is 4.90 Å². The number of hydrogen-bond acceptors (Lipinski definition) is 7. The number of halogens is 1. The molecule has 0 aromatic heterocycles. The maximum Gasteiger partial charge on any atom is 0.186 e. The molecule has 0 saturated carbocycles. The van der Waals surface area contributed by atoms with Gasteiger partial charge in [0.1, 0.15) is 34.5 Å². The number of carbonyl (C=O) groups is 3. The van der Waals surface area contributed by atoms with Crippen molar-refractivity contribution in [2.75, 3.05) is 26.2 Å². The Labute approximate surface area is 253 Å². The summed E-state index contributed by atoms with van der Waals surface area (Å²) in [4.78, 5) is 46.4. The minimum Gasteiger partial charge on any atom is -0.497 e. The summed E-state index contributed by atoms with van der Waals surface area (Å²) in [5.74, 6) is -1.13. The smallest absolute Gasteiger partial charge is 0.186 e. The predicted octanol–water partition coefficient (Wildman–Crippen LogP) is 6.17. The number of benzene rings is 4. The van der Waals surface area contributed by atoms with Gasteiger partial charge >= 0.3 is 0 Å². The second-order valence-corrected chi connectivity index (χ2v) is 11.1. The van der Waals surface area contributed by atoms with Crippen molar-refractivity contribution >= 4 is 29.1 Å². The van der Waals surface area contributed by atoms with E-state index >= 15 is 0 Å². The van der Waals surface area contributed by atoms with Gasteiger partial charge in [0.15, 0.2) is 17.3 Å². The lowest BCUT2D eigenvalue weighted by Crippen LogP contribution is -2.48. The molecule has 220 valence electrons. The number of ketones is 3. The maximum absolute atomic E-state index is 14.9. The van der Waals surface area contributed by atoms with E-state index in [4.69, 9.17) is 14.2 Å². The zero-order valence-corrected chi connectivity index (χ0v) is 24.2. The number of anilines is 1. The summed E-state index contributed by atoms with van der Waals surface area (Å²) in [6.45, 7) is 0. The van der Waals surface area contributed by atoms with E-state index in [-0.39, 0.29) is 17.3 Å². The van der Waals surface area contributed by atoms with Gasteiger partial charge in [-0.1, -0.05) is 54.6 Å². The molecule has 1 aliphatic carbocycles. The first kappa shape index (κ1) is 27.6. The second-order valence-electron chi connectivity index (χ2n) is 11.1. The van der Waals surface area contributed by atoms with Gasteiger partial charge in [-0.2, -0.15) is 0 Å². The Morgan fingerprint density at radius 3 is 2.18 bits per heavy atom. The van der Waals surface area contributed by atoms with Crippen LogP contribution in [0.15, 0.2) is 91.0 Å². The molecule has 1 saturated heterocycles. The number of carbonyl (C=O) groups excluding carboxylic acids is 3. The van der Waals surface area contributed by atoms with Crippen molar-refractivity contribution in [2.24, 2.45) is 5.41 Å². The van der Waals surface area contributed by atoms with E-state index in [1.54, 1.807) is 84.9 Å². The number of fused-ring (bicyclic) bond motifs is 5. The number of methoxy groups -OCH3 is 3. The lowest BCUT2D eigenvalue weighted by Gasteiger charge is -2.37. The van der Waals surface area contributed by atoms with Gasteiger partial charge in [0.05, 0.1) is 27.4 Å². The lowest BCUT2D eigenvalue weighted by atomic mass is 9.64. The summed E-state index contributed by atoms with van der Waals surface area (Å²) in [6.07, 6.45) is 3.48. The van der Waals surface area contributed by atoms with Crippen molar-refractivity contribution in [3.05, 3.63) is 125 Å². The average Bonchev–Trinajstić information content (AvgIpc) is 3.49. The second kappa shape index (κ2) is 10.2. The Hall–Kier alpha value is -5.24. The third-order valence-corrected chi connectivity index (χ3v) is 9.16. The number of rotatable bonds is 6. The average molecular weight is 590 g/mol. The molecule has 2 aliphatic heterocycles. The Kier molecular flexibility index (Phi) is 6.39. The van der Waals surface area contributed by atoms with E-state index < -0.39 is 29.2 Å². The van der Waals surface area contributed by atoms with Gasteiger partial charge < -0.3 is 19.1 Å². The van der Waals surface area contributed by atoms with Crippen LogP contribution in [0, 0.1) is 11.2 Å². The highest BCUT2D eigenvalue weighted by atomic mass is 19.1. The van der Waals surface area contributed by atoms with Crippen LogP contribution in [-0.2, 0) is 0 Å². The number of Topliss-reactive ketones (excluding diaryl/α,β-unsaturated/α-hetero) is 3. The molecule has 0 bridgehead atoms. The molecule has 4 aromatic carbocycles. The zero-order chi connectivity index (χ0) is 30.7. The van der Waals surface area contributed by atoms with Crippen LogP contribution in [-0.4, -0.2) is 50.8 Å². The highest BCUT2D eigenvalue weighted by Gasteiger charge is 2.72. The Balaban J connectivity index is 1.57. The van der Waals surface area contributed by atoms with E-state index in [9.17, 15) is 18.8 Å². The van der Waals surface area contributed by atoms with Gasteiger partial charge in [-0.15, -0.1) is 0 Å². The van der Waals surface area contributed by atoms with Crippen LogP contribution in [0.5, 0.6) is 17.2 Å². The summed E-state index contributed by atoms with van der Waals surface area (Å²) < 4.78 is 31.2. The Morgan fingerprint density at radius 2 is 1.50 bits per heavy atom. The molecule has 7 nitrogen and oxygen atoms in total. The van der Waals surface area contributed by atoms with Gasteiger partial charge in [0, 0.05) is 45.5 Å². The van der Waals surface area contributed by atoms with Gasteiger partial charge in [-0.05, 0) is 36.4 Å². The summed E-state index contributed by atoms with van der Waals surface area (Å²) in [7, 11) is 4.54. The normalized spacial score (nSPS) is 20.7. The van der Waals surface area contributed by atoms with Crippen molar-refractivity contribution in [3.63, 3.8) is 0 Å². The summed E-state index contributed by atoms with van der Waals surface area (Å²) in [6, 6.07) is 21.1. The number of ether oxygens (including phenoxy) is 3. The van der Waals surface area contributed by atoms with Crippen molar-refractivity contribution in [2.45, 2.75) is 18.0 Å². The molecule has 0 amide bonds. The lowest BCUT2D eigenvalue weighted by molar-refractivity contribution is 0.0664. The molecule has 3 aliphatic rings. The molecule has 0 radical (unpaired) electrons. The van der Waals surface area contributed by atoms with Crippen molar-refractivity contribution in [3.8, 4) is 17.2 Å². The summed E-state index contributed by atoms with van der Waals surface area (Å²) in [5.41, 5.74) is 0.827. The van der Waals surface area contributed by atoms with Crippen LogP contribution in [0.1, 0.15) is 48.1 Å². The van der Waals surface area contributed by atoms with Crippen molar-refractivity contribution < 1.29 is 33.0 Å². The van der Waals surface area contributed by atoms with Crippen LogP contribution in [0.3, 0.4) is 0 Å². The third-order valence-electron chi connectivity index (χ3n) is 9.16. The monoisotopic (exact) mass is 589 g/mol. The fourth-order valence-corrected chi connectivity index (χ4v) is 7.31. The van der Waals surface area contributed by atoms with Gasteiger partial charge in [0.2, 0.25) is 0 Å². The molecule has 2 heterocycles. The molecule has 1 spiro atoms. The maximum atomic E-state index is 14.9. The minimum atomic E-state index is -1.73. The topological polar surface area (TPSA) is 82.1 Å². The van der Waals surface area contributed by atoms with Crippen LogP contribution >= 0.6 is 0 Å². The molecule has 44 heavy (non-hydrogen) atoms. The van der Waals surface area contributed by atoms with Crippen molar-refractivity contribution in [1.29, 1.82) is 0 Å². The van der Waals surface area contributed by atoms with Gasteiger partial charge in [0.25, 0.3) is 0 Å². The third kappa shape index (κ3) is 3.70. The van der Waals surface area contributed by atoms with Gasteiger partial charge in [-0.25, -0.2) is 4.39 Å². The van der Waals surface area contributed by atoms with Crippen LogP contribution in [0.4, 0.5) is 10.1 Å². The Morgan fingerprint density at radius 1 is 0.795 bits per heavy atom. The largest absolute Gasteiger partial charge is 0.497 e. The van der Waals surface area contributed by atoms with Crippen molar-refractivity contribution in [1.82, 2.24) is 0 Å². The first-order valence-corrected chi connectivity index (χ1v) is 14.2. The van der Waals surface area contributed by atoms with Crippen LogP contribution in [0.25, 0.3) is 6.08 Å². The molecule has 3 atom stereocenters. The molecular weight excluding hydrogens is 561 g/mol. The highest BCUT2D eigenvalue weighted by Crippen LogP contribution is 2.62. The molecule has 4 aromatic rings. The minimum absolute atomic E-state index is 0.308. The SMILES string of the molecule is COc1cccc(C(=O)C2C(c3ccc(OC)cc3OC)C3(C(=O)c4ccccc4C3=O)C3C=Cc4cc(F)ccc4N23)c1. The van der Waals surface area contributed by atoms with Crippen LogP contribution in [0.2, 0.25) is 0 Å².